The fourth-order valence-corrected chi connectivity index (χ4v) is 4.07. The number of carbonyl (C=O) groups is 1. The second kappa shape index (κ2) is 7.77. The van der Waals surface area contributed by atoms with Crippen LogP contribution in [0, 0.1) is 5.92 Å². The van der Waals surface area contributed by atoms with E-state index in [1.807, 2.05) is 12.3 Å². The molecule has 128 valence electrons. The minimum absolute atomic E-state index is 0.0737. The summed E-state index contributed by atoms with van der Waals surface area (Å²) in [4.78, 5) is 19.0. The number of rotatable bonds is 6. The molecular formula is C18H23N3O2S. The third-order valence-corrected chi connectivity index (χ3v) is 5.14. The van der Waals surface area contributed by atoms with Gasteiger partial charge in [-0.2, -0.15) is 0 Å². The number of hydrogen-bond acceptors (Lipinski definition) is 5. The molecule has 0 bridgehead atoms. The summed E-state index contributed by atoms with van der Waals surface area (Å²) in [5.74, 6) is 1.53. The molecule has 5 nitrogen and oxygen atoms in total. The van der Waals surface area contributed by atoms with Gasteiger partial charge in [0.25, 0.3) is 0 Å². The highest BCUT2D eigenvalue weighted by Crippen LogP contribution is 2.26. The summed E-state index contributed by atoms with van der Waals surface area (Å²) < 4.78 is 5.30. The van der Waals surface area contributed by atoms with Crippen LogP contribution in [0.15, 0.2) is 30.5 Å². The molecule has 1 fully saturated rings. The Labute approximate surface area is 146 Å². The van der Waals surface area contributed by atoms with Crippen molar-refractivity contribution in [3.8, 4) is 5.75 Å². The molecule has 1 aliphatic rings. The van der Waals surface area contributed by atoms with Crippen LogP contribution in [0.4, 0.5) is 5.13 Å². The zero-order valence-electron chi connectivity index (χ0n) is 14.1. The molecule has 1 saturated heterocycles. The van der Waals surface area contributed by atoms with Gasteiger partial charge in [-0.05, 0) is 43.0 Å². The third-order valence-electron chi connectivity index (χ3n) is 4.24. The van der Waals surface area contributed by atoms with Gasteiger partial charge < -0.3 is 10.1 Å². The molecule has 1 atom stereocenters. The summed E-state index contributed by atoms with van der Waals surface area (Å²) in [6.07, 6.45) is 4.17. The van der Waals surface area contributed by atoms with Crippen LogP contribution in [0.1, 0.15) is 23.8 Å². The second-order valence-corrected chi connectivity index (χ2v) is 7.37. The van der Waals surface area contributed by atoms with Crippen molar-refractivity contribution >= 4 is 22.4 Å². The van der Waals surface area contributed by atoms with Crippen molar-refractivity contribution in [2.75, 3.05) is 25.5 Å². The summed E-state index contributed by atoms with van der Waals surface area (Å²) in [6.45, 7) is 4.63. The number of benzene rings is 1. The Morgan fingerprint density at radius 2 is 2.38 bits per heavy atom. The zero-order valence-corrected chi connectivity index (χ0v) is 14.9. The monoisotopic (exact) mass is 345 g/mol. The Balaban J connectivity index is 1.51. The molecule has 2 heterocycles. The molecule has 24 heavy (non-hydrogen) atoms. The average molecular weight is 345 g/mol. The van der Waals surface area contributed by atoms with Crippen LogP contribution >= 0.6 is 11.3 Å². The SMILES string of the molecule is COc1cccc(CC2CCN(Cc3cnc(NC(C)=O)s3)C2)c1. The number of methoxy groups -OCH3 is 1. The molecule has 1 aromatic carbocycles. The van der Waals surface area contributed by atoms with Crippen molar-refractivity contribution in [1.29, 1.82) is 0 Å². The fourth-order valence-electron chi connectivity index (χ4n) is 3.17. The van der Waals surface area contributed by atoms with Crippen LogP contribution in [0.25, 0.3) is 0 Å². The first-order chi connectivity index (χ1) is 11.6. The number of likely N-dealkylation sites (tertiary alicyclic amines) is 1. The maximum Gasteiger partial charge on any atom is 0.223 e. The molecular weight excluding hydrogens is 322 g/mol. The Morgan fingerprint density at radius 1 is 1.50 bits per heavy atom. The van der Waals surface area contributed by atoms with E-state index in [0.717, 1.165) is 31.8 Å². The fraction of sp³-hybridized carbons (Fsp3) is 0.444. The van der Waals surface area contributed by atoms with Gasteiger partial charge in [-0.15, -0.1) is 11.3 Å². The van der Waals surface area contributed by atoms with E-state index in [0.29, 0.717) is 11.0 Å². The molecule has 1 amide bonds. The van der Waals surface area contributed by atoms with E-state index in [1.165, 1.54) is 23.8 Å². The summed E-state index contributed by atoms with van der Waals surface area (Å²) in [7, 11) is 1.71. The lowest BCUT2D eigenvalue weighted by atomic mass is 9.98. The standard InChI is InChI=1S/C18H23N3O2S/c1-13(22)20-18-19-10-17(24-18)12-21-7-6-15(11-21)8-14-4-3-5-16(9-14)23-2/h3-5,9-10,15H,6-8,11-12H2,1-2H3,(H,19,20,22). The predicted molar refractivity (Wildman–Crippen MR) is 96.5 cm³/mol. The minimum atomic E-state index is -0.0737. The number of nitrogens with zero attached hydrogens (tertiary/aromatic N) is 2. The largest absolute Gasteiger partial charge is 0.497 e. The van der Waals surface area contributed by atoms with Crippen molar-refractivity contribution in [2.24, 2.45) is 5.92 Å². The maximum atomic E-state index is 11.1. The van der Waals surface area contributed by atoms with Crippen molar-refractivity contribution in [2.45, 2.75) is 26.3 Å². The van der Waals surface area contributed by atoms with Crippen LogP contribution in [0.5, 0.6) is 5.75 Å². The number of aromatic nitrogens is 1. The van der Waals surface area contributed by atoms with E-state index < -0.39 is 0 Å². The summed E-state index contributed by atoms with van der Waals surface area (Å²) in [5.41, 5.74) is 1.34. The van der Waals surface area contributed by atoms with E-state index in [1.54, 1.807) is 18.4 Å². The number of nitrogens with one attached hydrogen (secondary N) is 1. The summed E-state index contributed by atoms with van der Waals surface area (Å²) >= 11 is 1.56. The molecule has 1 N–H and O–H groups in total. The Kier molecular flexibility index (Phi) is 5.48. The molecule has 0 saturated carbocycles. The second-order valence-electron chi connectivity index (χ2n) is 6.26. The molecule has 0 radical (unpaired) electrons. The lowest BCUT2D eigenvalue weighted by molar-refractivity contribution is -0.114. The van der Waals surface area contributed by atoms with E-state index in [-0.39, 0.29) is 5.91 Å². The van der Waals surface area contributed by atoms with Crippen molar-refractivity contribution in [3.63, 3.8) is 0 Å². The van der Waals surface area contributed by atoms with Crippen molar-refractivity contribution < 1.29 is 9.53 Å². The molecule has 1 aliphatic heterocycles. The van der Waals surface area contributed by atoms with Gasteiger partial charge in [0.15, 0.2) is 5.13 Å². The van der Waals surface area contributed by atoms with E-state index >= 15 is 0 Å². The van der Waals surface area contributed by atoms with Gasteiger partial charge in [-0.1, -0.05) is 12.1 Å². The van der Waals surface area contributed by atoms with Gasteiger partial charge in [-0.3, -0.25) is 9.69 Å². The van der Waals surface area contributed by atoms with Gasteiger partial charge in [0, 0.05) is 31.1 Å². The first kappa shape index (κ1) is 16.9. The molecule has 1 aromatic heterocycles. The third kappa shape index (κ3) is 4.55. The quantitative estimate of drug-likeness (QED) is 0.874. The highest BCUT2D eigenvalue weighted by atomic mass is 32.1. The number of ether oxygens (including phenoxy) is 1. The molecule has 2 aromatic rings. The zero-order chi connectivity index (χ0) is 16.9. The smallest absolute Gasteiger partial charge is 0.223 e. The van der Waals surface area contributed by atoms with E-state index in [9.17, 15) is 4.79 Å². The highest BCUT2D eigenvalue weighted by molar-refractivity contribution is 7.15. The number of hydrogen-bond donors (Lipinski definition) is 1. The topological polar surface area (TPSA) is 54.5 Å². The summed E-state index contributed by atoms with van der Waals surface area (Å²) in [5, 5.41) is 3.43. The Bertz CT molecular complexity index is 701. The van der Waals surface area contributed by atoms with Crippen LogP contribution in [0.3, 0.4) is 0 Å². The molecule has 6 heteroatoms. The molecule has 1 unspecified atom stereocenters. The first-order valence-corrected chi connectivity index (χ1v) is 9.01. The number of thiazole rings is 1. The normalized spacial score (nSPS) is 17.8. The summed E-state index contributed by atoms with van der Waals surface area (Å²) in [6, 6.07) is 8.35. The van der Waals surface area contributed by atoms with Gasteiger partial charge in [0.05, 0.1) is 7.11 Å². The Hall–Kier alpha value is -1.92. The number of carbonyl (C=O) groups excluding carboxylic acids is 1. The lowest BCUT2D eigenvalue weighted by Gasteiger charge is -2.15. The first-order valence-electron chi connectivity index (χ1n) is 8.20. The highest BCUT2D eigenvalue weighted by Gasteiger charge is 2.23. The van der Waals surface area contributed by atoms with Crippen LogP contribution < -0.4 is 10.1 Å². The molecule has 3 rings (SSSR count). The number of amides is 1. The van der Waals surface area contributed by atoms with E-state index in [4.69, 9.17) is 4.74 Å². The van der Waals surface area contributed by atoms with Crippen LogP contribution in [-0.4, -0.2) is 36.0 Å². The van der Waals surface area contributed by atoms with Gasteiger partial charge in [0.2, 0.25) is 5.91 Å². The van der Waals surface area contributed by atoms with Gasteiger partial charge in [-0.25, -0.2) is 4.98 Å². The van der Waals surface area contributed by atoms with Crippen LogP contribution in [-0.2, 0) is 17.8 Å². The lowest BCUT2D eigenvalue weighted by Crippen LogP contribution is -2.20. The Morgan fingerprint density at radius 3 is 3.17 bits per heavy atom. The van der Waals surface area contributed by atoms with Crippen LogP contribution in [0.2, 0.25) is 0 Å². The van der Waals surface area contributed by atoms with Crippen molar-refractivity contribution in [3.05, 3.63) is 40.9 Å². The van der Waals surface area contributed by atoms with Gasteiger partial charge in [0.1, 0.15) is 5.75 Å². The average Bonchev–Trinajstić information content (AvgIpc) is 3.17. The van der Waals surface area contributed by atoms with Crippen molar-refractivity contribution in [1.82, 2.24) is 9.88 Å². The van der Waals surface area contributed by atoms with E-state index in [2.05, 4.69) is 33.4 Å². The molecule has 0 spiro atoms. The maximum absolute atomic E-state index is 11.1. The predicted octanol–water partition coefficient (Wildman–Crippen LogP) is 3.17. The van der Waals surface area contributed by atoms with Gasteiger partial charge >= 0.3 is 0 Å². The molecule has 0 aliphatic carbocycles. The number of anilines is 1. The minimum Gasteiger partial charge on any atom is -0.497 e.